The minimum atomic E-state index is -0.523. The number of amides is 1. The second-order valence-electron chi connectivity index (χ2n) is 3.44. The Morgan fingerprint density at radius 2 is 2.46 bits per heavy atom. The standard InChI is InChI=1S/C8H16N2O3/c1-8(5-9)6-10(3-4-12-2)7(11)13-8/h3-6,9H2,1-2H3. The zero-order chi connectivity index (χ0) is 9.90. The number of cyclic esters (lactones) is 1. The summed E-state index contributed by atoms with van der Waals surface area (Å²) in [6.07, 6.45) is -0.301. The van der Waals surface area contributed by atoms with Crippen molar-refractivity contribution in [2.45, 2.75) is 12.5 Å². The molecule has 76 valence electrons. The van der Waals surface area contributed by atoms with Gasteiger partial charge in [-0.3, -0.25) is 0 Å². The molecule has 1 saturated heterocycles. The molecule has 0 bridgehead atoms. The van der Waals surface area contributed by atoms with Crippen LogP contribution in [0.1, 0.15) is 6.92 Å². The number of methoxy groups -OCH3 is 1. The second kappa shape index (κ2) is 3.93. The molecular weight excluding hydrogens is 172 g/mol. The highest BCUT2D eigenvalue weighted by Gasteiger charge is 2.39. The van der Waals surface area contributed by atoms with E-state index in [9.17, 15) is 4.79 Å². The first-order valence-corrected chi connectivity index (χ1v) is 4.28. The van der Waals surface area contributed by atoms with E-state index in [2.05, 4.69) is 0 Å². The van der Waals surface area contributed by atoms with Gasteiger partial charge in [-0.1, -0.05) is 0 Å². The van der Waals surface area contributed by atoms with Gasteiger partial charge in [0.1, 0.15) is 5.60 Å². The third-order valence-corrected chi connectivity index (χ3v) is 2.11. The van der Waals surface area contributed by atoms with Crippen LogP contribution in [0.3, 0.4) is 0 Å². The Bertz CT molecular complexity index is 198. The van der Waals surface area contributed by atoms with Crippen molar-refractivity contribution < 1.29 is 14.3 Å². The summed E-state index contributed by atoms with van der Waals surface area (Å²) in [6, 6.07) is 0. The van der Waals surface area contributed by atoms with E-state index in [-0.39, 0.29) is 6.09 Å². The van der Waals surface area contributed by atoms with Crippen molar-refractivity contribution in [2.24, 2.45) is 5.73 Å². The molecule has 0 saturated carbocycles. The van der Waals surface area contributed by atoms with Crippen LogP contribution in [0.25, 0.3) is 0 Å². The molecule has 1 atom stereocenters. The Hall–Kier alpha value is -0.810. The van der Waals surface area contributed by atoms with Crippen LogP contribution in [0.5, 0.6) is 0 Å². The molecule has 2 N–H and O–H groups in total. The minimum absolute atomic E-state index is 0.301. The number of carbonyl (C=O) groups is 1. The Morgan fingerprint density at radius 3 is 2.92 bits per heavy atom. The van der Waals surface area contributed by atoms with Crippen molar-refractivity contribution in [3.05, 3.63) is 0 Å². The van der Waals surface area contributed by atoms with Gasteiger partial charge in [0.25, 0.3) is 0 Å². The summed E-state index contributed by atoms with van der Waals surface area (Å²) in [5.74, 6) is 0. The summed E-state index contributed by atoms with van der Waals surface area (Å²) >= 11 is 0. The van der Waals surface area contributed by atoms with Gasteiger partial charge < -0.3 is 20.1 Å². The molecule has 1 aliphatic heterocycles. The quantitative estimate of drug-likeness (QED) is 0.663. The van der Waals surface area contributed by atoms with Crippen LogP contribution < -0.4 is 5.73 Å². The highest BCUT2D eigenvalue weighted by molar-refractivity contribution is 5.70. The third-order valence-electron chi connectivity index (χ3n) is 2.11. The van der Waals surface area contributed by atoms with E-state index in [4.69, 9.17) is 15.2 Å². The SMILES string of the molecule is COCCN1CC(C)(CN)OC1=O. The number of nitrogens with zero attached hydrogens (tertiary/aromatic N) is 1. The molecule has 13 heavy (non-hydrogen) atoms. The van der Waals surface area contributed by atoms with Crippen LogP contribution in [0.15, 0.2) is 0 Å². The highest BCUT2D eigenvalue weighted by Crippen LogP contribution is 2.20. The fourth-order valence-corrected chi connectivity index (χ4v) is 1.25. The lowest BCUT2D eigenvalue weighted by atomic mass is 10.1. The van der Waals surface area contributed by atoms with Crippen molar-refractivity contribution in [3.63, 3.8) is 0 Å². The van der Waals surface area contributed by atoms with Crippen molar-refractivity contribution in [1.82, 2.24) is 4.90 Å². The van der Waals surface area contributed by atoms with Gasteiger partial charge in [0.15, 0.2) is 0 Å². The first-order valence-electron chi connectivity index (χ1n) is 4.28. The molecule has 5 heteroatoms. The first-order chi connectivity index (χ1) is 6.11. The number of carbonyl (C=O) groups excluding carboxylic acids is 1. The van der Waals surface area contributed by atoms with Crippen LogP contribution in [0, 0.1) is 0 Å². The van der Waals surface area contributed by atoms with Crippen molar-refractivity contribution in [3.8, 4) is 0 Å². The molecule has 0 aromatic heterocycles. The molecule has 0 spiro atoms. The Morgan fingerprint density at radius 1 is 1.77 bits per heavy atom. The van der Waals surface area contributed by atoms with E-state index in [1.54, 1.807) is 12.0 Å². The van der Waals surface area contributed by atoms with E-state index in [0.29, 0.717) is 26.2 Å². The molecule has 1 heterocycles. The average molecular weight is 188 g/mol. The van der Waals surface area contributed by atoms with Gasteiger partial charge in [-0.15, -0.1) is 0 Å². The molecule has 0 radical (unpaired) electrons. The van der Waals surface area contributed by atoms with E-state index < -0.39 is 5.60 Å². The van der Waals surface area contributed by atoms with Crippen LogP contribution in [0.4, 0.5) is 4.79 Å². The van der Waals surface area contributed by atoms with E-state index in [0.717, 1.165) is 0 Å². The molecule has 0 aliphatic carbocycles. The molecule has 1 fully saturated rings. The molecule has 5 nitrogen and oxygen atoms in total. The highest BCUT2D eigenvalue weighted by atomic mass is 16.6. The van der Waals surface area contributed by atoms with Gasteiger partial charge in [0.05, 0.1) is 13.2 Å². The van der Waals surface area contributed by atoms with Gasteiger partial charge in [-0.05, 0) is 6.92 Å². The summed E-state index contributed by atoms with van der Waals surface area (Å²) < 4.78 is 9.99. The Kier molecular flexibility index (Phi) is 3.11. The minimum Gasteiger partial charge on any atom is -0.440 e. The molecule has 1 rings (SSSR count). The van der Waals surface area contributed by atoms with Gasteiger partial charge in [-0.25, -0.2) is 4.79 Å². The van der Waals surface area contributed by atoms with E-state index in [1.807, 2.05) is 6.92 Å². The molecule has 1 aliphatic rings. The van der Waals surface area contributed by atoms with Crippen LogP contribution in [0.2, 0.25) is 0 Å². The Labute approximate surface area is 77.8 Å². The summed E-state index contributed by atoms with van der Waals surface area (Å²) in [5, 5.41) is 0. The lowest BCUT2D eigenvalue weighted by Gasteiger charge is -2.18. The number of hydrogen-bond donors (Lipinski definition) is 1. The first kappa shape index (κ1) is 10.3. The predicted molar refractivity (Wildman–Crippen MR) is 47.4 cm³/mol. The predicted octanol–water partition coefficient (Wildman–Crippen LogP) is -0.198. The molecule has 1 amide bonds. The van der Waals surface area contributed by atoms with Gasteiger partial charge in [-0.2, -0.15) is 0 Å². The smallest absolute Gasteiger partial charge is 0.410 e. The topological polar surface area (TPSA) is 64.8 Å². The van der Waals surface area contributed by atoms with Crippen LogP contribution in [-0.2, 0) is 9.47 Å². The van der Waals surface area contributed by atoms with Crippen LogP contribution in [-0.4, -0.2) is 49.9 Å². The van der Waals surface area contributed by atoms with Gasteiger partial charge in [0.2, 0.25) is 0 Å². The maximum atomic E-state index is 11.2. The second-order valence-corrected chi connectivity index (χ2v) is 3.44. The lowest BCUT2D eigenvalue weighted by molar-refractivity contribution is 0.0779. The molecule has 0 aromatic carbocycles. The molecular formula is C8H16N2O3. The van der Waals surface area contributed by atoms with E-state index in [1.165, 1.54) is 0 Å². The third kappa shape index (κ3) is 2.32. The fourth-order valence-electron chi connectivity index (χ4n) is 1.25. The summed E-state index contributed by atoms with van der Waals surface area (Å²) in [7, 11) is 1.60. The maximum Gasteiger partial charge on any atom is 0.410 e. The van der Waals surface area contributed by atoms with Crippen LogP contribution >= 0.6 is 0 Å². The monoisotopic (exact) mass is 188 g/mol. The molecule has 1 unspecified atom stereocenters. The summed E-state index contributed by atoms with van der Waals surface area (Å²) in [6.45, 7) is 3.81. The number of nitrogens with two attached hydrogens (primary N) is 1. The number of ether oxygens (including phenoxy) is 2. The fraction of sp³-hybridized carbons (Fsp3) is 0.875. The largest absolute Gasteiger partial charge is 0.440 e. The van der Waals surface area contributed by atoms with Crippen molar-refractivity contribution in [2.75, 3.05) is 33.4 Å². The van der Waals surface area contributed by atoms with Gasteiger partial charge >= 0.3 is 6.09 Å². The average Bonchev–Trinajstić information content (AvgIpc) is 2.39. The van der Waals surface area contributed by atoms with Gasteiger partial charge in [0, 0.05) is 20.2 Å². The van der Waals surface area contributed by atoms with Crippen molar-refractivity contribution in [1.29, 1.82) is 0 Å². The lowest BCUT2D eigenvalue weighted by Crippen LogP contribution is -2.39. The Balaban J connectivity index is 2.46. The maximum absolute atomic E-state index is 11.2. The molecule has 0 aromatic rings. The summed E-state index contributed by atoms with van der Waals surface area (Å²) in [5.41, 5.74) is 4.96. The zero-order valence-electron chi connectivity index (χ0n) is 8.08. The summed E-state index contributed by atoms with van der Waals surface area (Å²) in [4.78, 5) is 12.9. The van der Waals surface area contributed by atoms with E-state index >= 15 is 0 Å². The van der Waals surface area contributed by atoms with Crippen molar-refractivity contribution >= 4 is 6.09 Å². The zero-order valence-corrected chi connectivity index (χ0v) is 8.08. The number of rotatable bonds is 4. The normalized spacial score (nSPS) is 27.9. The number of hydrogen-bond acceptors (Lipinski definition) is 4.